The first-order valence-electron chi connectivity index (χ1n) is 10.3. The van der Waals surface area contributed by atoms with Crippen molar-refractivity contribution in [2.45, 2.75) is 25.4 Å². The van der Waals surface area contributed by atoms with Crippen LogP contribution in [0, 0.1) is 0 Å². The van der Waals surface area contributed by atoms with Crippen LogP contribution in [0.15, 0.2) is 34.1 Å². The van der Waals surface area contributed by atoms with E-state index in [2.05, 4.69) is 4.98 Å². The van der Waals surface area contributed by atoms with Crippen LogP contribution in [-0.4, -0.2) is 49.3 Å². The number of nitrogens with zero attached hydrogens (tertiary/aromatic N) is 5. The molecule has 10 heteroatoms. The first-order valence-corrected chi connectivity index (χ1v) is 10.3. The fourth-order valence-electron chi connectivity index (χ4n) is 4.43. The van der Waals surface area contributed by atoms with Gasteiger partial charge in [-0.1, -0.05) is 6.07 Å². The number of hydrogen-bond donors (Lipinski definition) is 0. The molecule has 10 nitrogen and oxygen atoms in total. The van der Waals surface area contributed by atoms with Crippen LogP contribution in [0.5, 0.6) is 11.5 Å². The molecule has 4 heterocycles. The Morgan fingerprint density at radius 3 is 2.71 bits per heavy atom. The molecule has 0 aliphatic carbocycles. The van der Waals surface area contributed by atoms with Crippen molar-refractivity contribution >= 4 is 17.1 Å². The quantitative estimate of drug-likeness (QED) is 0.608. The van der Waals surface area contributed by atoms with Crippen LogP contribution < -0.4 is 20.7 Å². The summed E-state index contributed by atoms with van der Waals surface area (Å²) in [6.45, 7) is 1.66. The molecule has 0 bridgehead atoms. The highest BCUT2D eigenvalue weighted by Crippen LogP contribution is 2.38. The second-order valence-corrected chi connectivity index (χ2v) is 7.90. The molecule has 2 aromatic heterocycles. The fourth-order valence-corrected chi connectivity index (χ4v) is 4.43. The zero-order valence-corrected chi connectivity index (χ0v) is 17.4. The van der Waals surface area contributed by atoms with Gasteiger partial charge in [0.1, 0.15) is 19.8 Å². The highest BCUT2D eigenvalue weighted by atomic mass is 16.6. The number of carbonyl (C=O) groups excluding carboxylic acids is 1. The summed E-state index contributed by atoms with van der Waals surface area (Å²) in [5.41, 5.74) is 0.600. The lowest BCUT2D eigenvalue weighted by Crippen LogP contribution is -2.38. The van der Waals surface area contributed by atoms with Crippen LogP contribution >= 0.6 is 0 Å². The zero-order chi connectivity index (χ0) is 21.7. The van der Waals surface area contributed by atoms with Crippen LogP contribution in [0.2, 0.25) is 0 Å². The van der Waals surface area contributed by atoms with Crippen molar-refractivity contribution in [3.63, 3.8) is 0 Å². The number of imidazole rings is 1. The van der Waals surface area contributed by atoms with Crippen LogP contribution in [0.25, 0.3) is 11.2 Å². The minimum absolute atomic E-state index is 0.0228. The van der Waals surface area contributed by atoms with E-state index in [0.717, 1.165) is 28.7 Å². The fraction of sp³-hybridized carbons (Fsp3) is 0.429. The molecule has 1 saturated heterocycles. The number of fused-ring (bicyclic) bond motifs is 2. The van der Waals surface area contributed by atoms with Gasteiger partial charge in [-0.2, -0.15) is 0 Å². The van der Waals surface area contributed by atoms with Crippen LogP contribution in [0.4, 0.5) is 0 Å². The summed E-state index contributed by atoms with van der Waals surface area (Å²) in [5.74, 6) is 1.32. The summed E-state index contributed by atoms with van der Waals surface area (Å²) in [5, 5.41) is 0. The summed E-state index contributed by atoms with van der Waals surface area (Å²) in [7, 11) is 2.98. The van der Waals surface area contributed by atoms with E-state index in [4.69, 9.17) is 9.47 Å². The first-order chi connectivity index (χ1) is 15.0. The summed E-state index contributed by atoms with van der Waals surface area (Å²) in [6, 6.07) is 5.74. The molecule has 0 saturated carbocycles. The highest BCUT2D eigenvalue weighted by Gasteiger charge is 2.31. The molecule has 0 N–H and O–H groups in total. The molecule has 0 radical (unpaired) electrons. The Hall–Kier alpha value is -3.56. The van der Waals surface area contributed by atoms with Gasteiger partial charge in [-0.05, 0) is 30.5 Å². The van der Waals surface area contributed by atoms with E-state index in [-0.39, 0.29) is 29.7 Å². The lowest BCUT2D eigenvalue weighted by Gasteiger charge is -2.27. The van der Waals surface area contributed by atoms with Crippen LogP contribution in [0.3, 0.4) is 0 Å². The summed E-state index contributed by atoms with van der Waals surface area (Å²) >= 11 is 0. The predicted octanol–water partition coefficient (Wildman–Crippen LogP) is 0.569. The van der Waals surface area contributed by atoms with Crippen molar-refractivity contribution in [1.29, 1.82) is 0 Å². The molecular weight excluding hydrogens is 402 g/mol. The highest BCUT2D eigenvalue weighted by molar-refractivity contribution is 5.79. The normalized spacial score (nSPS) is 18.0. The van der Waals surface area contributed by atoms with Gasteiger partial charge in [0.25, 0.3) is 5.56 Å². The van der Waals surface area contributed by atoms with Gasteiger partial charge in [0.05, 0.1) is 12.4 Å². The Kier molecular flexibility index (Phi) is 4.57. The Morgan fingerprint density at radius 1 is 1.13 bits per heavy atom. The van der Waals surface area contributed by atoms with E-state index >= 15 is 0 Å². The third-order valence-electron chi connectivity index (χ3n) is 6.05. The molecular formula is C21H23N5O5. The number of aromatic nitrogens is 4. The summed E-state index contributed by atoms with van der Waals surface area (Å²) in [6.07, 6.45) is 3.19. The van der Waals surface area contributed by atoms with Crippen molar-refractivity contribution in [1.82, 2.24) is 23.6 Å². The van der Waals surface area contributed by atoms with E-state index in [0.29, 0.717) is 25.5 Å². The molecule has 1 atom stereocenters. The Morgan fingerprint density at radius 2 is 1.90 bits per heavy atom. The molecule has 1 fully saturated rings. The maximum Gasteiger partial charge on any atom is 0.332 e. The molecule has 0 unspecified atom stereocenters. The van der Waals surface area contributed by atoms with Gasteiger partial charge in [0.2, 0.25) is 5.91 Å². The lowest BCUT2D eigenvalue weighted by molar-refractivity contribution is -0.132. The topological polar surface area (TPSA) is 101 Å². The number of hydrogen-bond acceptors (Lipinski definition) is 6. The number of ether oxygens (including phenoxy) is 2. The maximum atomic E-state index is 13.2. The molecule has 31 heavy (non-hydrogen) atoms. The van der Waals surface area contributed by atoms with E-state index in [9.17, 15) is 14.4 Å². The van der Waals surface area contributed by atoms with Crippen LogP contribution in [0.1, 0.15) is 24.4 Å². The lowest BCUT2D eigenvalue weighted by atomic mass is 10.0. The number of likely N-dealkylation sites (tertiary alicyclic amines) is 1. The van der Waals surface area contributed by atoms with E-state index in [1.807, 2.05) is 23.1 Å². The minimum atomic E-state index is -0.465. The Bertz CT molecular complexity index is 1300. The van der Waals surface area contributed by atoms with E-state index < -0.39 is 11.2 Å². The summed E-state index contributed by atoms with van der Waals surface area (Å²) < 4.78 is 15.2. The van der Waals surface area contributed by atoms with Gasteiger partial charge in [-0.3, -0.25) is 18.7 Å². The number of carbonyl (C=O) groups is 1. The number of benzene rings is 1. The number of amides is 1. The van der Waals surface area contributed by atoms with Gasteiger partial charge in [-0.15, -0.1) is 0 Å². The van der Waals surface area contributed by atoms with E-state index in [1.54, 1.807) is 7.05 Å². The average Bonchev–Trinajstić information content (AvgIpc) is 3.43. The zero-order valence-electron chi connectivity index (χ0n) is 17.4. The average molecular weight is 425 g/mol. The maximum absolute atomic E-state index is 13.2. The van der Waals surface area contributed by atoms with Gasteiger partial charge >= 0.3 is 5.69 Å². The molecule has 1 aromatic carbocycles. The second-order valence-electron chi connectivity index (χ2n) is 7.90. The van der Waals surface area contributed by atoms with Crippen molar-refractivity contribution in [3.05, 3.63) is 50.9 Å². The van der Waals surface area contributed by atoms with Crippen molar-refractivity contribution in [2.24, 2.45) is 14.1 Å². The van der Waals surface area contributed by atoms with Gasteiger partial charge in [0, 0.05) is 20.6 Å². The SMILES string of the molecule is Cn1c(=O)c2c(ncn2CC(=O)N2CCC[C@H]2c2ccc3c(c2)OCCO3)n(C)c1=O. The number of aryl methyl sites for hydroxylation is 1. The number of rotatable bonds is 3. The standard InChI is InChI=1S/C21H23N5O5/c1-23-19-18(20(28)24(2)21(23)29)25(12-22-19)11-17(27)26-7-3-4-14(26)13-5-6-15-16(10-13)31-9-8-30-15/h5-6,10,12,14H,3-4,7-9,11H2,1-2H3/t14-/m0/s1. The predicted molar refractivity (Wildman–Crippen MR) is 111 cm³/mol. The first kappa shape index (κ1) is 19.4. The minimum Gasteiger partial charge on any atom is -0.486 e. The largest absolute Gasteiger partial charge is 0.486 e. The second kappa shape index (κ2) is 7.29. The van der Waals surface area contributed by atoms with Crippen molar-refractivity contribution in [2.75, 3.05) is 19.8 Å². The molecule has 0 spiro atoms. The van der Waals surface area contributed by atoms with Gasteiger partial charge in [-0.25, -0.2) is 9.78 Å². The Labute approximate surface area is 177 Å². The third kappa shape index (κ3) is 3.09. The molecule has 2 aliphatic heterocycles. The van der Waals surface area contributed by atoms with Crippen LogP contribution in [-0.2, 0) is 25.4 Å². The summed E-state index contributed by atoms with van der Waals surface area (Å²) in [4.78, 5) is 44.0. The molecule has 2 aliphatic rings. The van der Waals surface area contributed by atoms with Gasteiger partial charge in [0.15, 0.2) is 22.7 Å². The van der Waals surface area contributed by atoms with E-state index in [1.165, 1.54) is 22.5 Å². The van der Waals surface area contributed by atoms with Crippen molar-refractivity contribution in [3.8, 4) is 11.5 Å². The molecule has 3 aromatic rings. The molecule has 5 rings (SSSR count). The molecule has 162 valence electrons. The van der Waals surface area contributed by atoms with Gasteiger partial charge < -0.3 is 18.9 Å². The smallest absolute Gasteiger partial charge is 0.332 e. The monoisotopic (exact) mass is 425 g/mol. The Balaban J connectivity index is 1.44. The van der Waals surface area contributed by atoms with Crippen molar-refractivity contribution < 1.29 is 14.3 Å². The third-order valence-corrected chi connectivity index (χ3v) is 6.05. The molecule has 1 amide bonds.